The van der Waals surface area contributed by atoms with Gasteiger partial charge in [-0.3, -0.25) is 13.7 Å². The van der Waals surface area contributed by atoms with Crippen molar-refractivity contribution in [3.63, 3.8) is 0 Å². The molecule has 0 saturated heterocycles. The van der Waals surface area contributed by atoms with Crippen molar-refractivity contribution in [2.24, 2.45) is 11.7 Å². The van der Waals surface area contributed by atoms with Crippen LogP contribution in [0, 0.1) is 5.92 Å². The number of nitrogens with zero attached hydrogens (tertiary/aromatic N) is 3. The Morgan fingerprint density at radius 2 is 1.67 bits per heavy atom. The van der Waals surface area contributed by atoms with E-state index < -0.39 is 23.7 Å². The van der Waals surface area contributed by atoms with Crippen molar-refractivity contribution in [2.75, 3.05) is 22.7 Å². The molecule has 48 heavy (non-hydrogen) atoms. The standard InChI is InChI=1S/C37H37Cl2N5O3S/c38-29-15-18-33(34(39)20-29)35-23-43(31-7-4-8-32(21-31)44(48(46)47)24-36(40)45)37(42-35)19-25-9-11-27(12-10-25)28-13-16-30(17-14-28)41-22-26-5-2-1-3-6-26/h4,7-18,20-21,23,26,41H,1-3,5-6,19,22,24H2,(H2,40,45)(H,46,47). The van der Waals surface area contributed by atoms with Crippen LogP contribution in [0.25, 0.3) is 28.1 Å². The molecule has 1 atom stereocenters. The van der Waals surface area contributed by atoms with Gasteiger partial charge in [0.1, 0.15) is 12.4 Å². The molecule has 1 aromatic heterocycles. The van der Waals surface area contributed by atoms with Gasteiger partial charge < -0.3 is 15.6 Å². The summed E-state index contributed by atoms with van der Waals surface area (Å²) in [7, 11) is 0. The number of benzene rings is 4. The predicted octanol–water partition coefficient (Wildman–Crippen LogP) is 8.52. The summed E-state index contributed by atoms with van der Waals surface area (Å²) in [4.78, 5) is 16.6. The highest BCUT2D eigenvalue weighted by Crippen LogP contribution is 2.32. The molecule has 8 nitrogen and oxygen atoms in total. The second kappa shape index (κ2) is 15.4. The average molecular weight is 703 g/mol. The van der Waals surface area contributed by atoms with Gasteiger partial charge >= 0.3 is 0 Å². The van der Waals surface area contributed by atoms with Crippen LogP contribution in [0.1, 0.15) is 43.5 Å². The number of carbonyl (C=O) groups is 1. The minimum atomic E-state index is -2.45. The molecule has 4 N–H and O–H groups in total. The second-order valence-electron chi connectivity index (χ2n) is 12.1. The Labute approximate surface area is 293 Å². The normalized spacial score (nSPS) is 14.1. The molecule has 0 aliphatic heterocycles. The van der Waals surface area contributed by atoms with Crippen LogP contribution in [-0.2, 0) is 22.5 Å². The van der Waals surface area contributed by atoms with Gasteiger partial charge in [-0.05, 0) is 84.0 Å². The number of rotatable bonds is 12. The third-order valence-corrected chi connectivity index (χ3v) is 9.99. The molecule has 11 heteroatoms. The lowest BCUT2D eigenvalue weighted by molar-refractivity contribution is -0.116. The van der Waals surface area contributed by atoms with E-state index in [0.717, 1.165) is 50.5 Å². The summed E-state index contributed by atoms with van der Waals surface area (Å²) < 4.78 is 24.9. The first-order valence-electron chi connectivity index (χ1n) is 16.0. The lowest BCUT2D eigenvalue weighted by atomic mass is 9.89. The van der Waals surface area contributed by atoms with Crippen LogP contribution in [0.4, 0.5) is 11.4 Å². The fourth-order valence-electron chi connectivity index (χ4n) is 6.20. The second-order valence-corrected chi connectivity index (χ2v) is 13.9. The summed E-state index contributed by atoms with van der Waals surface area (Å²) in [5.74, 6) is 0.768. The van der Waals surface area contributed by atoms with E-state index in [1.54, 1.807) is 30.3 Å². The quantitative estimate of drug-likeness (QED) is 0.113. The predicted molar refractivity (Wildman–Crippen MR) is 196 cm³/mol. The zero-order chi connectivity index (χ0) is 33.6. The van der Waals surface area contributed by atoms with E-state index in [0.29, 0.717) is 33.5 Å². The topological polar surface area (TPSA) is 113 Å². The van der Waals surface area contributed by atoms with Crippen LogP contribution < -0.4 is 15.4 Å². The summed E-state index contributed by atoms with van der Waals surface area (Å²) in [6, 6.07) is 29.3. The Kier molecular flexibility index (Phi) is 10.8. The number of anilines is 2. The van der Waals surface area contributed by atoms with Crippen molar-refractivity contribution in [2.45, 2.75) is 38.5 Å². The number of imidazole rings is 1. The number of nitrogens with two attached hydrogens (primary N) is 1. The van der Waals surface area contributed by atoms with Gasteiger partial charge in [-0.1, -0.05) is 84.9 Å². The summed E-state index contributed by atoms with van der Waals surface area (Å²) in [6.45, 7) is 0.619. The van der Waals surface area contributed by atoms with Gasteiger partial charge in [-0.25, -0.2) is 9.19 Å². The fourth-order valence-corrected chi connectivity index (χ4v) is 7.24. The van der Waals surface area contributed by atoms with E-state index in [-0.39, 0.29) is 0 Å². The van der Waals surface area contributed by atoms with E-state index in [1.807, 2.05) is 22.9 Å². The maximum Gasteiger partial charge on any atom is 0.262 e. The molecule has 0 radical (unpaired) electrons. The number of carbonyl (C=O) groups excluding carboxylic acids is 1. The maximum atomic E-state index is 12.1. The molecule has 1 saturated carbocycles. The summed E-state index contributed by atoms with van der Waals surface area (Å²) in [5, 5.41) is 4.61. The number of amides is 1. The number of primary amides is 1. The number of halogens is 2. The molecule has 5 aromatic rings. The largest absolute Gasteiger partial charge is 0.385 e. The Morgan fingerprint density at radius 3 is 2.33 bits per heavy atom. The first-order valence-corrected chi connectivity index (χ1v) is 17.8. The van der Waals surface area contributed by atoms with Crippen LogP contribution in [0.3, 0.4) is 0 Å². The zero-order valence-corrected chi connectivity index (χ0v) is 28.6. The van der Waals surface area contributed by atoms with Crippen molar-refractivity contribution in [3.05, 3.63) is 119 Å². The number of hydrogen-bond donors (Lipinski definition) is 3. The van der Waals surface area contributed by atoms with E-state index in [4.69, 9.17) is 33.9 Å². The molecule has 0 bridgehead atoms. The Hall–Kier alpha value is -4.15. The van der Waals surface area contributed by atoms with Gasteiger partial charge in [-0.2, -0.15) is 0 Å². The molecule has 6 rings (SSSR count). The molecule has 1 fully saturated rings. The highest BCUT2D eigenvalue weighted by atomic mass is 35.5. The van der Waals surface area contributed by atoms with E-state index >= 15 is 0 Å². The van der Waals surface area contributed by atoms with Crippen molar-refractivity contribution in [1.82, 2.24) is 9.55 Å². The maximum absolute atomic E-state index is 12.1. The van der Waals surface area contributed by atoms with Crippen LogP contribution in [0.15, 0.2) is 97.2 Å². The van der Waals surface area contributed by atoms with Gasteiger partial charge in [0, 0.05) is 41.1 Å². The van der Waals surface area contributed by atoms with E-state index in [1.165, 1.54) is 32.1 Å². The van der Waals surface area contributed by atoms with E-state index in [9.17, 15) is 13.6 Å². The average Bonchev–Trinajstić information content (AvgIpc) is 3.50. The Morgan fingerprint density at radius 1 is 0.958 bits per heavy atom. The Balaban J connectivity index is 1.26. The van der Waals surface area contributed by atoms with Crippen molar-refractivity contribution < 1.29 is 13.6 Å². The molecule has 1 heterocycles. The minimum absolute atomic E-state index is 0.359. The molecule has 1 amide bonds. The van der Waals surface area contributed by atoms with Gasteiger partial charge in [0.15, 0.2) is 0 Å². The molecule has 1 aliphatic rings. The zero-order valence-electron chi connectivity index (χ0n) is 26.3. The third-order valence-electron chi connectivity index (χ3n) is 8.72. The van der Waals surface area contributed by atoms with Crippen LogP contribution in [0.5, 0.6) is 0 Å². The fraction of sp³-hybridized carbons (Fsp3) is 0.243. The van der Waals surface area contributed by atoms with Gasteiger partial charge in [0.2, 0.25) is 5.91 Å². The molecular formula is C37H37Cl2N5O3S. The molecular weight excluding hydrogens is 665 g/mol. The lowest BCUT2D eigenvalue weighted by Crippen LogP contribution is -2.35. The molecule has 4 aromatic carbocycles. The molecule has 0 spiro atoms. The number of aromatic nitrogens is 2. The Bertz CT molecular complexity index is 1910. The van der Waals surface area contributed by atoms with Gasteiger partial charge in [0.05, 0.1) is 16.4 Å². The molecule has 1 unspecified atom stereocenters. The first kappa shape index (κ1) is 33.7. The summed E-state index contributed by atoms with van der Waals surface area (Å²) in [6.07, 6.45) is 9.07. The van der Waals surface area contributed by atoms with Crippen LogP contribution in [-0.4, -0.2) is 37.3 Å². The van der Waals surface area contributed by atoms with Crippen molar-refractivity contribution >= 4 is 51.8 Å². The monoisotopic (exact) mass is 701 g/mol. The van der Waals surface area contributed by atoms with E-state index in [2.05, 4.69) is 53.8 Å². The van der Waals surface area contributed by atoms with Gasteiger partial charge in [0.25, 0.3) is 11.3 Å². The third kappa shape index (κ3) is 8.28. The highest BCUT2D eigenvalue weighted by molar-refractivity contribution is 7.80. The van der Waals surface area contributed by atoms with Crippen LogP contribution in [0.2, 0.25) is 10.0 Å². The molecule has 1 aliphatic carbocycles. The summed E-state index contributed by atoms with van der Waals surface area (Å²) in [5.41, 5.74) is 12.2. The number of hydrogen-bond acceptors (Lipinski definition) is 4. The SMILES string of the molecule is NC(=O)CN(c1cccc(-n2cc(-c3ccc(Cl)cc3Cl)nc2Cc2ccc(-c3ccc(NCC4CCCCC4)cc3)cc2)c1)S(=O)O. The van der Waals surface area contributed by atoms with Crippen molar-refractivity contribution in [3.8, 4) is 28.1 Å². The highest BCUT2D eigenvalue weighted by Gasteiger charge is 2.19. The van der Waals surface area contributed by atoms with Gasteiger partial charge in [-0.15, -0.1) is 0 Å². The first-order chi connectivity index (χ1) is 23.2. The summed E-state index contributed by atoms with van der Waals surface area (Å²) >= 11 is 10.3. The molecule has 248 valence electrons. The number of nitrogens with one attached hydrogen (secondary N) is 1. The van der Waals surface area contributed by atoms with Crippen molar-refractivity contribution in [1.29, 1.82) is 0 Å². The lowest BCUT2D eigenvalue weighted by Gasteiger charge is -2.22. The minimum Gasteiger partial charge on any atom is -0.385 e. The smallest absolute Gasteiger partial charge is 0.262 e. The van der Waals surface area contributed by atoms with Crippen LogP contribution >= 0.6 is 23.2 Å².